The monoisotopic (exact) mass is 392 g/mol. The largest absolute Gasteiger partial charge is 0.455 e. The Balaban J connectivity index is 2.55. The van der Waals surface area contributed by atoms with E-state index in [1.807, 2.05) is 6.92 Å². The lowest BCUT2D eigenvalue weighted by molar-refractivity contribution is -0.208. The number of carbonyl (C=O) groups excluding carboxylic acids is 3. The van der Waals surface area contributed by atoms with Gasteiger partial charge in [-0.05, 0) is 52.9 Å². The first kappa shape index (κ1) is 22.3. The van der Waals surface area contributed by atoms with Crippen LogP contribution >= 0.6 is 0 Å². The van der Waals surface area contributed by atoms with Crippen molar-refractivity contribution in [2.24, 2.45) is 11.3 Å². The van der Waals surface area contributed by atoms with Gasteiger partial charge >= 0.3 is 11.9 Å². The van der Waals surface area contributed by atoms with E-state index in [2.05, 4.69) is 0 Å². The Kier molecular flexibility index (Phi) is 5.96. The molecule has 2 rings (SSSR count). The molecule has 0 aromatic rings. The van der Waals surface area contributed by atoms with E-state index in [1.54, 1.807) is 46.8 Å². The predicted molar refractivity (Wildman–Crippen MR) is 104 cm³/mol. The summed E-state index contributed by atoms with van der Waals surface area (Å²) in [6.07, 6.45) is 4.13. The van der Waals surface area contributed by atoms with Gasteiger partial charge in [-0.2, -0.15) is 0 Å². The molecular formula is C22H32O6. The number of carbonyl (C=O) groups is 3. The van der Waals surface area contributed by atoms with Crippen LogP contribution in [0.15, 0.2) is 23.3 Å². The molecule has 2 aliphatic rings. The van der Waals surface area contributed by atoms with Gasteiger partial charge in [-0.3, -0.25) is 9.59 Å². The third-order valence-electron chi connectivity index (χ3n) is 6.21. The second-order valence-corrected chi connectivity index (χ2v) is 9.05. The maximum absolute atomic E-state index is 12.7. The standard InChI is InChI=1S/C22H32O6/c1-8-13(2)19(25)27-18-9-10-21(6)12-16(24)15(20(4,5)26)11-17(21)22(18,7)28-14(3)23/h8,11,17-18,26H,9-10,12H2,1-7H3/b13-8-/t17-,18+,21-,22+/m1/s1. The van der Waals surface area contributed by atoms with Gasteiger partial charge in [-0.15, -0.1) is 0 Å². The Morgan fingerprint density at radius 1 is 1.29 bits per heavy atom. The third kappa shape index (κ3) is 4.07. The number of ether oxygens (including phenoxy) is 2. The van der Waals surface area contributed by atoms with E-state index in [9.17, 15) is 19.5 Å². The Labute approximate surface area is 167 Å². The van der Waals surface area contributed by atoms with E-state index >= 15 is 0 Å². The van der Waals surface area contributed by atoms with E-state index in [4.69, 9.17) is 9.47 Å². The lowest BCUT2D eigenvalue weighted by Crippen LogP contribution is -2.61. The predicted octanol–water partition coefficient (Wildman–Crippen LogP) is 3.27. The van der Waals surface area contributed by atoms with E-state index in [0.29, 0.717) is 24.0 Å². The Bertz CT molecular complexity index is 741. The summed E-state index contributed by atoms with van der Waals surface area (Å²) < 4.78 is 11.5. The van der Waals surface area contributed by atoms with Gasteiger partial charge in [0.25, 0.3) is 0 Å². The van der Waals surface area contributed by atoms with Crippen LogP contribution in [0.25, 0.3) is 0 Å². The summed E-state index contributed by atoms with van der Waals surface area (Å²) in [7, 11) is 0. The first-order valence-electron chi connectivity index (χ1n) is 9.76. The van der Waals surface area contributed by atoms with E-state index < -0.39 is 34.7 Å². The Morgan fingerprint density at radius 2 is 1.89 bits per heavy atom. The number of hydrogen-bond donors (Lipinski definition) is 1. The fraction of sp³-hybridized carbons (Fsp3) is 0.682. The lowest BCUT2D eigenvalue weighted by atomic mass is 9.54. The number of hydrogen-bond acceptors (Lipinski definition) is 6. The molecule has 0 aromatic heterocycles. The van der Waals surface area contributed by atoms with Crippen LogP contribution in [-0.2, 0) is 23.9 Å². The topological polar surface area (TPSA) is 89.9 Å². The normalized spacial score (nSPS) is 33.6. The SMILES string of the molecule is C/C=C(/C)C(=O)O[C@H]1CC[C@]2(C)CC(=O)C(C(C)(C)O)=C[C@H]2[C@]1(C)OC(C)=O. The molecule has 1 N–H and O–H groups in total. The van der Waals surface area contributed by atoms with Crippen LogP contribution in [0.4, 0.5) is 0 Å². The highest BCUT2D eigenvalue weighted by Gasteiger charge is 2.59. The van der Waals surface area contributed by atoms with Crippen molar-refractivity contribution in [1.82, 2.24) is 0 Å². The molecule has 1 saturated carbocycles. The highest BCUT2D eigenvalue weighted by atomic mass is 16.6. The van der Waals surface area contributed by atoms with Gasteiger partial charge in [-0.25, -0.2) is 4.79 Å². The summed E-state index contributed by atoms with van der Waals surface area (Å²) in [4.78, 5) is 37.0. The molecule has 6 nitrogen and oxygen atoms in total. The van der Waals surface area contributed by atoms with Gasteiger partial charge in [0.15, 0.2) is 11.4 Å². The molecule has 0 radical (unpaired) electrons. The average Bonchev–Trinajstić information content (AvgIpc) is 2.54. The van der Waals surface area contributed by atoms with Gasteiger partial charge in [0.05, 0.1) is 5.60 Å². The number of esters is 2. The van der Waals surface area contributed by atoms with E-state index in [0.717, 1.165) is 0 Å². The Morgan fingerprint density at radius 3 is 2.39 bits per heavy atom. The second-order valence-electron chi connectivity index (χ2n) is 9.05. The van der Waals surface area contributed by atoms with Crippen LogP contribution in [-0.4, -0.2) is 40.1 Å². The lowest BCUT2D eigenvalue weighted by Gasteiger charge is -2.55. The molecule has 0 aromatic carbocycles. The molecule has 0 spiro atoms. The highest BCUT2D eigenvalue weighted by Crippen LogP contribution is 2.55. The molecular weight excluding hydrogens is 360 g/mol. The van der Waals surface area contributed by atoms with E-state index in [-0.39, 0.29) is 18.1 Å². The number of Topliss-reactive ketones (excluding diaryl/α,β-unsaturated/α-hetero) is 1. The van der Waals surface area contributed by atoms with Crippen LogP contribution in [0.2, 0.25) is 0 Å². The fourth-order valence-electron chi connectivity index (χ4n) is 4.58. The molecule has 2 aliphatic carbocycles. The van der Waals surface area contributed by atoms with Gasteiger partial charge in [0.2, 0.25) is 0 Å². The van der Waals surface area contributed by atoms with Crippen LogP contribution in [0.5, 0.6) is 0 Å². The smallest absolute Gasteiger partial charge is 0.333 e. The average molecular weight is 392 g/mol. The zero-order chi connectivity index (χ0) is 21.5. The zero-order valence-corrected chi connectivity index (χ0v) is 17.9. The van der Waals surface area contributed by atoms with E-state index in [1.165, 1.54) is 6.92 Å². The molecule has 0 unspecified atom stereocenters. The summed E-state index contributed by atoms with van der Waals surface area (Å²) in [6.45, 7) is 11.6. The number of allylic oxidation sites excluding steroid dienone is 1. The third-order valence-corrected chi connectivity index (χ3v) is 6.21. The van der Waals surface area contributed by atoms with Crippen LogP contribution in [0.3, 0.4) is 0 Å². The van der Waals surface area contributed by atoms with Gasteiger partial charge in [-0.1, -0.05) is 19.1 Å². The fourth-order valence-corrected chi connectivity index (χ4v) is 4.58. The molecule has 0 heterocycles. The van der Waals surface area contributed by atoms with Crippen molar-refractivity contribution in [3.05, 3.63) is 23.3 Å². The molecule has 0 aliphatic heterocycles. The van der Waals surface area contributed by atoms with Crippen molar-refractivity contribution in [2.45, 2.75) is 85.0 Å². The maximum Gasteiger partial charge on any atom is 0.333 e. The summed E-state index contributed by atoms with van der Waals surface area (Å²) in [6, 6.07) is 0. The summed E-state index contributed by atoms with van der Waals surface area (Å²) >= 11 is 0. The number of fused-ring (bicyclic) bond motifs is 1. The summed E-state index contributed by atoms with van der Waals surface area (Å²) in [5.74, 6) is -1.41. The Hall–Kier alpha value is -1.95. The minimum absolute atomic E-state index is 0.100. The summed E-state index contributed by atoms with van der Waals surface area (Å²) in [5, 5.41) is 10.5. The van der Waals surface area contributed by atoms with Gasteiger partial charge in [0.1, 0.15) is 6.10 Å². The molecule has 1 fully saturated rings. The van der Waals surface area contributed by atoms with Crippen molar-refractivity contribution >= 4 is 17.7 Å². The van der Waals surface area contributed by atoms with Crippen molar-refractivity contribution in [3.8, 4) is 0 Å². The van der Waals surface area contributed by atoms with Crippen LogP contribution < -0.4 is 0 Å². The minimum atomic E-state index is -1.30. The molecule has 0 saturated heterocycles. The van der Waals surface area contributed by atoms with Gasteiger partial charge in [0, 0.05) is 30.4 Å². The van der Waals surface area contributed by atoms with Crippen molar-refractivity contribution in [1.29, 1.82) is 0 Å². The molecule has 0 bridgehead atoms. The second kappa shape index (κ2) is 7.47. The first-order valence-corrected chi connectivity index (χ1v) is 9.76. The highest BCUT2D eigenvalue weighted by molar-refractivity contribution is 5.98. The summed E-state index contributed by atoms with van der Waals surface area (Å²) in [5.41, 5.74) is -2.11. The number of aliphatic hydroxyl groups is 1. The maximum atomic E-state index is 12.7. The van der Waals surface area contributed by atoms with Crippen molar-refractivity contribution in [2.75, 3.05) is 0 Å². The number of rotatable bonds is 4. The first-order chi connectivity index (χ1) is 12.7. The molecule has 28 heavy (non-hydrogen) atoms. The van der Waals surface area contributed by atoms with Crippen LogP contribution in [0, 0.1) is 11.3 Å². The molecule has 0 amide bonds. The number of ketones is 1. The zero-order valence-electron chi connectivity index (χ0n) is 17.9. The van der Waals surface area contributed by atoms with Crippen LogP contribution in [0.1, 0.15) is 67.7 Å². The molecule has 156 valence electrons. The quantitative estimate of drug-likeness (QED) is 0.583. The van der Waals surface area contributed by atoms with Crippen molar-refractivity contribution < 1.29 is 29.0 Å². The van der Waals surface area contributed by atoms with Crippen molar-refractivity contribution in [3.63, 3.8) is 0 Å². The molecule has 6 heteroatoms. The van der Waals surface area contributed by atoms with Gasteiger partial charge < -0.3 is 14.6 Å². The molecule has 4 atom stereocenters. The minimum Gasteiger partial charge on any atom is -0.455 e.